The van der Waals surface area contributed by atoms with Gasteiger partial charge in [0.1, 0.15) is 11.5 Å². The van der Waals surface area contributed by atoms with Gasteiger partial charge in [-0.2, -0.15) is 0 Å². The summed E-state index contributed by atoms with van der Waals surface area (Å²) in [5, 5.41) is 0. The van der Waals surface area contributed by atoms with Crippen LogP contribution in [0.5, 0.6) is 11.5 Å². The van der Waals surface area contributed by atoms with E-state index in [4.69, 9.17) is 31.9 Å². The molecular weight excluding hydrogens is 447 g/mol. The summed E-state index contributed by atoms with van der Waals surface area (Å²) < 4.78 is 22.8. The molecule has 2 aromatic rings. The van der Waals surface area contributed by atoms with Crippen molar-refractivity contribution < 1.29 is 18.8 Å². The highest BCUT2D eigenvalue weighted by Gasteiger charge is 2.52. The Hall–Kier alpha value is -2.52. The van der Waals surface area contributed by atoms with Crippen molar-refractivity contribution in [3.63, 3.8) is 0 Å². The Balaban J connectivity index is 0.000000248. The maximum absolute atomic E-state index is 7.28. The molecule has 156 valence electrons. The summed E-state index contributed by atoms with van der Waals surface area (Å²) in [5.41, 5.74) is 1.00. The third kappa shape index (κ3) is 5.15. The molecule has 0 saturated carbocycles. The second-order valence-corrected chi connectivity index (χ2v) is 8.41. The van der Waals surface area contributed by atoms with Crippen LogP contribution in [0.4, 0.5) is 11.4 Å². The smallest absolute Gasteiger partial charge is 0.483 e. The predicted octanol–water partition coefficient (Wildman–Crippen LogP) is 5.55. The van der Waals surface area contributed by atoms with Crippen LogP contribution in [0.3, 0.4) is 0 Å². The van der Waals surface area contributed by atoms with E-state index >= 15 is 0 Å². The number of hydrogen-bond donors (Lipinski definition) is 0. The Labute approximate surface area is 187 Å². The molecule has 0 aliphatic carbocycles. The van der Waals surface area contributed by atoms with Crippen LogP contribution in [0.2, 0.25) is 0 Å². The zero-order chi connectivity index (χ0) is 22.5. The van der Waals surface area contributed by atoms with Crippen molar-refractivity contribution in [3.8, 4) is 11.5 Å². The molecule has 0 radical (unpaired) electrons. The first-order chi connectivity index (χ1) is 14.1. The highest BCUT2D eigenvalue weighted by Crippen LogP contribution is 2.37. The van der Waals surface area contributed by atoms with E-state index < -0.39 is 18.3 Å². The number of hydrogen-bond acceptors (Lipinski definition) is 4. The second kappa shape index (κ2) is 9.53. The summed E-state index contributed by atoms with van der Waals surface area (Å²) in [7, 11) is 2.65. The summed E-state index contributed by atoms with van der Waals surface area (Å²) in [6.07, 6.45) is 0. The fourth-order valence-electron chi connectivity index (χ4n) is 2.62. The van der Waals surface area contributed by atoms with E-state index in [0.29, 0.717) is 22.9 Å². The van der Waals surface area contributed by atoms with Gasteiger partial charge in [-0.05, 0) is 57.4 Å². The Morgan fingerprint density at radius 2 is 1.30 bits per heavy atom. The molecular formula is C22H24BBrN2O4. The third-order valence-corrected chi connectivity index (χ3v) is 5.81. The first kappa shape index (κ1) is 23.8. The van der Waals surface area contributed by atoms with Gasteiger partial charge < -0.3 is 18.8 Å². The molecule has 0 spiro atoms. The van der Waals surface area contributed by atoms with Crippen molar-refractivity contribution in [2.45, 2.75) is 38.9 Å². The monoisotopic (exact) mass is 470 g/mol. The van der Waals surface area contributed by atoms with Gasteiger partial charge in [0, 0.05) is 4.47 Å². The van der Waals surface area contributed by atoms with Gasteiger partial charge in [0.05, 0.1) is 38.6 Å². The van der Waals surface area contributed by atoms with Crippen molar-refractivity contribution in [2.24, 2.45) is 0 Å². The van der Waals surface area contributed by atoms with Crippen LogP contribution in [-0.4, -0.2) is 32.5 Å². The average molecular weight is 471 g/mol. The van der Waals surface area contributed by atoms with Gasteiger partial charge in [0.25, 0.3) is 0 Å². The van der Waals surface area contributed by atoms with Crippen molar-refractivity contribution in [2.75, 3.05) is 14.2 Å². The molecule has 3 rings (SSSR count). The first-order valence-electron chi connectivity index (χ1n) is 9.20. The molecule has 1 heterocycles. The van der Waals surface area contributed by atoms with Gasteiger partial charge in [-0.1, -0.05) is 28.1 Å². The Bertz CT molecular complexity index is 980. The summed E-state index contributed by atoms with van der Waals surface area (Å²) in [4.78, 5) is 6.83. The van der Waals surface area contributed by atoms with Gasteiger partial charge in [0.15, 0.2) is 5.69 Å². The highest BCUT2D eigenvalue weighted by molar-refractivity contribution is 9.10. The lowest BCUT2D eigenvalue weighted by Crippen LogP contribution is -2.41. The minimum absolute atomic E-state index is 0.406. The predicted molar refractivity (Wildman–Crippen MR) is 122 cm³/mol. The second-order valence-electron chi connectivity index (χ2n) is 7.55. The van der Waals surface area contributed by atoms with Crippen LogP contribution in [0.1, 0.15) is 27.7 Å². The highest BCUT2D eigenvalue weighted by atomic mass is 79.9. The summed E-state index contributed by atoms with van der Waals surface area (Å²) in [5.74, 6) is 1.37. The fourth-order valence-corrected chi connectivity index (χ4v) is 2.96. The Kier molecular flexibility index (Phi) is 7.55. The van der Waals surface area contributed by atoms with Crippen LogP contribution in [0.25, 0.3) is 9.69 Å². The third-order valence-electron chi connectivity index (χ3n) is 5.14. The van der Waals surface area contributed by atoms with Gasteiger partial charge in [0.2, 0.25) is 5.69 Å². The van der Waals surface area contributed by atoms with Crippen molar-refractivity contribution in [1.29, 1.82) is 0 Å². The lowest BCUT2D eigenvalue weighted by Gasteiger charge is -2.32. The number of ether oxygens (including phenoxy) is 2. The van der Waals surface area contributed by atoms with E-state index in [9.17, 15) is 0 Å². The number of halogens is 1. The summed E-state index contributed by atoms with van der Waals surface area (Å²) >= 11 is 3.25. The first-order valence-corrected chi connectivity index (χ1v) is 10.00. The van der Waals surface area contributed by atoms with E-state index in [2.05, 4.69) is 25.6 Å². The van der Waals surface area contributed by atoms with Crippen LogP contribution in [-0.2, 0) is 9.31 Å². The topological polar surface area (TPSA) is 45.6 Å². The van der Waals surface area contributed by atoms with E-state index in [0.717, 1.165) is 9.94 Å². The molecule has 0 amide bonds. The molecule has 0 aromatic heterocycles. The molecule has 8 heteroatoms. The Morgan fingerprint density at radius 3 is 1.77 bits per heavy atom. The zero-order valence-corrected chi connectivity index (χ0v) is 19.5. The van der Waals surface area contributed by atoms with Crippen LogP contribution in [0, 0.1) is 13.1 Å². The van der Waals surface area contributed by atoms with Gasteiger partial charge in [-0.25, -0.2) is 9.69 Å². The SMILES string of the molecule is [C-]#[N+]c1cc(OC)ccc1B1OC(C)(C)C(C)(C)O1.[C-]#[N+]c1cc(OC)ccc1Br. The van der Waals surface area contributed by atoms with Gasteiger partial charge in [-0.15, -0.1) is 0 Å². The molecule has 1 saturated heterocycles. The number of rotatable bonds is 3. The maximum Gasteiger partial charge on any atom is 0.483 e. The molecule has 1 aliphatic heterocycles. The van der Waals surface area contributed by atoms with Gasteiger partial charge >= 0.3 is 7.12 Å². The van der Waals surface area contributed by atoms with Crippen molar-refractivity contribution in [1.82, 2.24) is 0 Å². The summed E-state index contributed by atoms with van der Waals surface area (Å²) in [6.45, 7) is 22.0. The van der Waals surface area contributed by atoms with Crippen molar-refractivity contribution >= 4 is 39.9 Å². The molecule has 0 N–H and O–H groups in total. The molecule has 2 aromatic carbocycles. The average Bonchev–Trinajstić information content (AvgIpc) is 2.95. The van der Waals surface area contributed by atoms with Crippen molar-refractivity contribution in [3.05, 3.63) is 63.7 Å². The lowest BCUT2D eigenvalue weighted by atomic mass is 9.78. The normalized spacial score (nSPS) is 16.0. The minimum atomic E-state index is -0.514. The molecule has 30 heavy (non-hydrogen) atoms. The quantitative estimate of drug-likeness (QED) is 0.435. The maximum atomic E-state index is 7.28. The molecule has 0 bridgehead atoms. The van der Waals surface area contributed by atoms with Crippen LogP contribution >= 0.6 is 15.9 Å². The lowest BCUT2D eigenvalue weighted by molar-refractivity contribution is 0.00578. The molecule has 1 fully saturated rings. The van der Waals surface area contributed by atoms with E-state index in [1.54, 1.807) is 38.5 Å². The van der Waals surface area contributed by atoms with E-state index in [-0.39, 0.29) is 0 Å². The number of nitrogens with zero attached hydrogens (tertiary/aromatic N) is 2. The molecule has 0 atom stereocenters. The molecule has 6 nitrogen and oxygen atoms in total. The zero-order valence-electron chi connectivity index (χ0n) is 17.9. The number of methoxy groups -OCH3 is 2. The van der Waals surface area contributed by atoms with E-state index in [1.807, 2.05) is 39.8 Å². The van der Waals surface area contributed by atoms with Crippen LogP contribution < -0.4 is 14.9 Å². The molecule has 1 aliphatic rings. The number of benzene rings is 2. The van der Waals surface area contributed by atoms with E-state index in [1.165, 1.54) is 0 Å². The Morgan fingerprint density at radius 1 is 0.833 bits per heavy atom. The summed E-state index contributed by atoms with van der Waals surface area (Å²) in [6, 6.07) is 10.6. The minimum Gasteiger partial charge on any atom is -0.498 e. The molecule has 0 unspecified atom stereocenters. The van der Waals surface area contributed by atoms with Crippen LogP contribution in [0.15, 0.2) is 40.9 Å². The van der Waals surface area contributed by atoms with Gasteiger partial charge in [-0.3, -0.25) is 0 Å². The largest absolute Gasteiger partial charge is 0.498 e. The fraction of sp³-hybridized carbons (Fsp3) is 0.364. The standard InChI is InChI=1S/C14H18BNO3.C8H6BrNO/c1-13(2)14(3,4)19-15(18-13)11-8-7-10(17-6)9-12(11)16-5;1-10-8-5-6(11-2)3-4-7(8)9/h7-9H,1-4,6H3;3-5H,2H3.